The van der Waals surface area contributed by atoms with Crippen molar-refractivity contribution in [1.82, 2.24) is 15.2 Å². The maximum Gasteiger partial charge on any atom is 0.407 e. The molecular weight excluding hydrogens is 378 g/mol. The van der Waals surface area contributed by atoms with Gasteiger partial charge in [0.15, 0.2) is 0 Å². The standard InChI is InChI=1S/C20H23N3O4S/c1-13-11-28-17(22-13)20(15-7-8-23(19(25)26)9-16(15)20)12-21-18(24)27-10-14-5-3-2-4-6-14/h2-6,11,15-16H,7-10,12H2,1H3,(H,21,24)(H,25,26)/t15-,16+,20+/m1/s1. The van der Waals surface area contributed by atoms with Crippen LogP contribution in [0.25, 0.3) is 0 Å². The Kier molecular flexibility index (Phi) is 4.97. The summed E-state index contributed by atoms with van der Waals surface area (Å²) in [6.07, 6.45) is -0.559. The zero-order valence-electron chi connectivity index (χ0n) is 15.6. The Morgan fingerprint density at radius 3 is 2.82 bits per heavy atom. The van der Waals surface area contributed by atoms with Gasteiger partial charge in [-0.1, -0.05) is 30.3 Å². The molecular formula is C20H23N3O4S. The summed E-state index contributed by atoms with van der Waals surface area (Å²) in [5.74, 6) is 0.514. The first-order valence-electron chi connectivity index (χ1n) is 9.35. The van der Waals surface area contributed by atoms with E-state index in [1.807, 2.05) is 42.6 Å². The van der Waals surface area contributed by atoms with Crippen LogP contribution in [0, 0.1) is 18.8 Å². The fourth-order valence-electron chi connectivity index (χ4n) is 4.37. The van der Waals surface area contributed by atoms with E-state index in [1.54, 1.807) is 11.3 Å². The molecule has 28 heavy (non-hydrogen) atoms. The Morgan fingerprint density at radius 1 is 1.36 bits per heavy atom. The highest BCUT2D eigenvalue weighted by molar-refractivity contribution is 7.09. The third kappa shape index (κ3) is 3.44. The number of piperidine rings is 1. The van der Waals surface area contributed by atoms with Gasteiger partial charge in [0.05, 0.1) is 0 Å². The van der Waals surface area contributed by atoms with E-state index in [0.29, 0.717) is 25.6 Å². The molecule has 2 aliphatic rings. The average Bonchev–Trinajstić information content (AvgIpc) is 3.14. The quantitative estimate of drug-likeness (QED) is 0.802. The molecule has 1 saturated heterocycles. The van der Waals surface area contributed by atoms with Crippen LogP contribution < -0.4 is 5.32 Å². The number of amides is 2. The molecule has 1 aliphatic carbocycles. The topological polar surface area (TPSA) is 91.8 Å². The number of thiazole rings is 1. The van der Waals surface area contributed by atoms with E-state index in [0.717, 1.165) is 22.7 Å². The van der Waals surface area contributed by atoms with E-state index in [2.05, 4.69) is 10.3 Å². The lowest BCUT2D eigenvalue weighted by Gasteiger charge is -2.22. The van der Waals surface area contributed by atoms with Crippen LogP contribution in [-0.4, -0.2) is 46.8 Å². The molecule has 0 radical (unpaired) electrons. The molecule has 2 amide bonds. The first kappa shape index (κ1) is 18.7. The zero-order chi connectivity index (χ0) is 19.7. The molecule has 1 aromatic heterocycles. The monoisotopic (exact) mass is 401 g/mol. The number of nitrogens with zero attached hydrogens (tertiary/aromatic N) is 2. The number of hydrogen-bond acceptors (Lipinski definition) is 5. The number of fused-ring (bicyclic) bond motifs is 1. The summed E-state index contributed by atoms with van der Waals surface area (Å²) in [7, 11) is 0. The third-order valence-corrected chi connectivity index (χ3v) is 7.01. The number of carbonyl (C=O) groups is 2. The number of aryl methyl sites for hydroxylation is 1. The minimum atomic E-state index is -0.884. The predicted octanol–water partition coefficient (Wildman–Crippen LogP) is 3.25. The fraction of sp³-hybridized carbons (Fsp3) is 0.450. The number of carbonyl (C=O) groups excluding carboxylic acids is 1. The van der Waals surface area contributed by atoms with E-state index < -0.39 is 12.2 Å². The van der Waals surface area contributed by atoms with Gasteiger partial charge in [-0.3, -0.25) is 0 Å². The number of likely N-dealkylation sites (tertiary alicyclic amines) is 1. The molecule has 1 aliphatic heterocycles. The SMILES string of the molecule is Cc1csc([C@@]2(CNC(=O)OCc3ccccc3)[C@@H]3CCN(C(=O)O)C[C@@H]32)n1. The van der Waals surface area contributed by atoms with Crippen molar-refractivity contribution in [2.45, 2.75) is 25.4 Å². The molecule has 2 fully saturated rings. The van der Waals surface area contributed by atoms with E-state index in [1.165, 1.54) is 4.90 Å². The van der Waals surface area contributed by atoms with Crippen LogP contribution in [-0.2, 0) is 16.8 Å². The Labute approximate surface area is 167 Å². The third-order valence-electron chi connectivity index (χ3n) is 5.85. The molecule has 2 aromatic rings. The second kappa shape index (κ2) is 7.43. The second-order valence-electron chi connectivity index (χ2n) is 7.48. The summed E-state index contributed by atoms with van der Waals surface area (Å²) in [5, 5.41) is 15.2. The van der Waals surface area contributed by atoms with Crippen molar-refractivity contribution < 1.29 is 19.4 Å². The molecule has 3 atom stereocenters. The molecule has 0 unspecified atom stereocenters. The van der Waals surface area contributed by atoms with Crippen LogP contribution in [0.15, 0.2) is 35.7 Å². The zero-order valence-corrected chi connectivity index (χ0v) is 16.4. The van der Waals surface area contributed by atoms with Gasteiger partial charge in [-0.25, -0.2) is 14.6 Å². The van der Waals surface area contributed by atoms with Crippen molar-refractivity contribution in [3.8, 4) is 0 Å². The number of aromatic nitrogens is 1. The largest absolute Gasteiger partial charge is 0.465 e. The maximum absolute atomic E-state index is 12.3. The van der Waals surface area contributed by atoms with Gasteiger partial charge in [0.2, 0.25) is 0 Å². The smallest absolute Gasteiger partial charge is 0.407 e. The molecule has 2 N–H and O–H groups in total. The van der Waals surface area contributed by atoms with E-state index >= 15 is 0 Å². The Morgan fingerprint density at radius 2 is 2.14 bits per heavy atom. The summed E-state index contributed by atoms with van der Waals surface area (Å²) < 4.78 is 5.33. The predicted molar refractivity (Wildman–Crippen MR) is 104 cm³/mol. The van der Waals surface area contributed by atoms with Crippen molar-refractivity contribution in [3.63, 3.8) is 0 Å². The number of nitrogens with one attached hydrogen (secondary N) is 1. The maximum atomic E-state index is 12.3. The van der Waals surface area contributed by atoms with Crippen LogP contribution >= 0.6 is 11.3 Å². The molecule has 148 valence electrons. The summed E-state index contributed by atoms with van der Waals surface area (Å²) in [4.78, 5) is 29.8. The van der Waals surface area contributed by atoms with Crippen LogP contribution in [0.3, 0.4) is 0 Å². The molecule has 1 aromatic carbocycles. The Bertz CT molecular complexity index is 871. The van der Waals surface area contributed by atoms with Crippen LogP contribution in [0.1, 0.15) is 22.7 Å². The van der Waals surface area contributed by atoms with Gasteiger partial charge in [-0.2, -0.15) is 0 Å². The van der Waals surface area contributed by atoms with Gasteiger partial charge in [0, 0.05) is 36.1 Å². The number of hydrogen-bond donors (Lipinski definition) is 2. The lowest BCUT2D eigenvalue weighted by molar-refractivity contribution is 0.132. The first-order valence-corrected chi connectivity index (χ1v) is 10.2. The van der Waals surface area contributed by atoms with Gasteiger partial charge < -0.3 is 20.1 Å². The Balaban J connectivity index is 1.43. The number of alkyl carbamates (subject to hydrolysis) is 1. The van der Waals surface area contributed by atoms with E-state index in [4.69, 9.17) is 4.74 Å². The van der Waals surface area contributed by atoms with Crippen LogP contribution in [0.2, 0.25) is 0 Å². The average molecular weight is 401 g/mol. The molecule has 1 saturated carbocycles. The molecule has 7 nitrogen and oxygen atoms in total. The second-order valence-corrected chi connectivity index (χ2v) is 8.34. The summed E-state index contributed by atoms with van der Waals surface area (Å²) in [5.41, 5.74) is 1.58. The number of ether oxygens (including phenoxy) is 1. The van der Waals surface area contributed by atoms with Crippen molar-refractivity contribution in [1.29, 1.82) is 0 Å². The Hall–Kier alpha value is -2.61. The minimum absolute atomic E-state index is 0.178. The van der Waals surface area contributed by atoms with Gasteiger partial charge in [-0.15, -0.1) is 11.3 Å². The van der Waals surface area contributed by atoms with Crippen molar-refractivity contribution in [2.75, 3.05) is 19.6 Å². The summed E-state index contributed by atoms with van der Waals surface area (Å²) in [6, 6.07) is 9.53. The lowest BCUT2D eigenvalue weighted by atomic mass is 10.0. The number of carboxylic acid groups (broad SMARTS) is 1. The highest BCUT2D eigenvalue weighted by Crippen LogP contribution is 2.63. The van der Waals surface area contributed by atoms with E-state index in [-0.39, 0.29) is 17.9 Å². The van der Waals surface area contributed by atoms with Gasteiger partial charge >= 0.3 is 12.2 Å². The minimum Gasteiger partial charge on any atom is -0.465 e. The highest BCUT2D eigenvalue weighted by Gasteiger charge is 2.68. The highest BCUT2D eigenvalue weighted by atomic mass is 32.1. The molecule has 4 rings (SSSR count). The number of rotatable bonds is 5. The molecule has 0 bridgehead atoms. The fourth-order valence-corrected chi connectivity index (χ4v) is 5.49. The summed E-state index contributed by atoms with van der Waals surface area (Å²) in [6.45, 7) is 3.59. The van der Waals surface area contributed by atoms with Gasteiger partial charge in [0.1, 0.15) is 11.6 Å². The van der Waals surface area contributed by atoms with E-state index in [9.17, 15) is 14.7 Å². The normalized spacial score (nSPS) is 25.7. The molecule has 2 heterocycles. The van der Waals surface area contributed by atoms with Crippen LogP contribution in [0.5, 0.6) is 0 Å². The van der Waals surface area contributed by atoms with Gasteiger partial charge in [-0.05, 0) is 30.7 Å². The van der Waals surface area contributed by atoms with Crippen LogP contribution in [0.4, 0.5) is 9.59 Å². The lowest BCUT2D eigenvalue weighted by Crippen LogP contribution is -2.37. The van der Waals surface area contributed by atoms with Crippen molar-refractivity contribution in [3.05, 3.63) is 52.0 Å². The number of benzene rings is 1. The van der Waals surface area contributed by atoms with Crippen molar-refractivity contribution in [2.24, 2.45) is 11.8 Å². The molecule has 8 heteroatoms. The molecule has 0 spiro atoms. The first-order chi connectivity index (χ1) is 13.5. The van der Waals surface area contributed by atoms with Gasteiger partial charge in [0.25, 0.3) is 0 Å². The van der Waals surface area contributed by atoms with Crippen molar-refractivity contribution >= 4 is 23.5 Å². The summed E-state index contributed by atoms with van der Waals surface area (Å²) >= 11 is 1.59.